The molecule has 0 unspecified atom stereocenters. The summed E-state index contributed by atoms with van der Waals surface area (Å²) in [4.78, 5) is 0. The Morgan fingerprint density at radius 1 is 1.21 bits per heavy atom. The Labute approximate surface area is 142 Å². The van der Waals surface area contributed by atoms with Crippen LogP contribution in [0.3, 0.4) is 0 Å². The normalized spacial score (nSPS) is 11.0. The molecule has 0 aliphatic heterocycles. The molecule has 0 aliphatic rings. The van der Waals surface area contributed by atoms with Crippen LogP contribution in [0.5, 0.6) is 17.2 Å². The van der Waals surface area contributed by atoms with Gasteiger partial charge >= 0.3 is 0 Å². The zero-order valence-electron chi connectivity index (χ0n) is 12.7. The number of hydrogen-bond acceptors (Lipinski definition) is 6. The number of H-pyrrole nitrogens is 1. The van der Waals surface area contributed by atoms with E-state index in [9.17, 15) is 10.2 Å². The zero-order chi connectivity index (χ0) is 17.1. The highest BCUT2D eigenvalue weighted by atomic mass is 32.1. The first kappa shape index (κ1) is 15.8. The van der Waals surface area contributed by atoms with E-state index in [2.05, 4.69) is 15.3 Å². The third-order valence-electron chi connectivity index (χ3n) is 3.32. The lowest BCUT2D eigenvalue weighted by molar-refractivity contribution is 0.403. The van der Waals surface area contributed by atoms with E-state index >= 15 is 0 Å². The molecule has 0 saturated carbocycles. The van der Waals surface area contributed by atoms with Crippen molar-refractivity contribution in [3.05, 3.63) is 52.8 Å². The van der Waals surface area contributed by atoms with Gasteiger partial charge in [-0.1, -0.05) is 12.1 Å². The molecule has 0 aliphatic carbocycles. The molecule has 24 heavy (non-hydrogen) atoms. The van der Waals surface area contributed by atoms with E-state index in [0.29, 0.717) is 21.9 Å². The van der Waals surface area contributed by atoms with E-state index in [1.165, 1.54) is 23.0 Å². The third-order valence-corrected chi connectivity index (χ3v) is 3.58. The molecule has 0 atom stereocenters. The molecule has 0 spiro atoms. The Hall–Kier alpha value is -3.13. The lowest BCUT2D eigenvalue weighted by Gasteiger charge is -2.06. The molecule has 122 valence electrons. The minimum absolute atomic E-state index is 0.193. The molecule has 0 saturated heterocycles. The quantitative estimate of drug-likeness (QED) is 0.385. The number of aromatic amines is 1. The van der Waals surface area contributed by atoms with Crippen LogP contribution in [-0.4, -0.2) is 38.4 Å². The largest absolute Gasteiger partial charge is 0.504 e. The van der Waals surface area contributed by atoms with Gasteiger partial charge in [0.25, 0.3) is 0 Å². The van der Waals surface area contributed by atoms with Crippen molar-refractivity contribution in [2.45, 2.75) is 0 Å². The van der Waals surface area contributed by atoms with Crippen LogP contribution in [0, 0.1) is 4.77 Å². The first-order valence-electron chi connectivity index (χ1n) is 6.97. The Morgan fingerprint density at radius 3 is 2.75 bits per heavy atom. The van der Waals surface area contributed by atoms with Gasteiger partial charge in [-0.15, -0.1) is 0 Å². The third kappa shape index (κ3) is 2.99. The summed E-state index contributed by atoms with van der Waals surface area (Å²) in [5.41, 5.74) is 1.33. The number of phenols is 2. The van der Waals surface area contributed by atoms with Crippen LogP contribution in [-0.2, 0) is 0 Å². The van der Waals surface area contributed by atoms with Crippen molar-refractivity contribution in [1.29, 1.82) is 0 Å². The van der Waals surface area contributed by atoms with Crippen molar-refractivity contribution < 1.29 is 14.9 Å². The van der Waals surface area contributed by atoms with Gasteiger partial charge in [-0.3, -0.25) is 0 Å². The highest BCUT2D eigenvalue weighted by Gasteiger charge is 2.12. The smallest absolute Gasteiger partial charge is 0.216 e. The predicted molar refractivity (Wildman–Crippen MR) is 92.2 cm³/mol. The average Bonchev–Trinajstić information content (AvgIpc) is 2.96. The molecule has 3 N–H and O–H groups in total. The average molecular weight is 342 g/mol. The number of phenolic OH excluding ortho intramolecular Hbond substituents is 2. The van der Waals surface area contributed by atoms with E-state index in [1.54, 1.807) is 13.2 Å². The van der Waals surface area contributed by atoms with Crippen molar-refractivity contribution in [3.8, 4) is 28.6 Å². The number of ether oxygens (including phenoxy) is 1. The Morgan fingerprint density at radius 2 is 2.00 bits per heavy atom. The SMILES string of the molecule is COc1ccccc1-c1n[nH]c(=S)n1/N=C/c1ccc(O)c(O)c1. The minimum Gasteiger partial charge on any atom is -0.504 e. The summed E-state index contributed by atoms with van der Waals surface area (Å²) in [5.74, 6) is 0.725. The number of nitrogens with zero attached hydrogens (tertiary/aromatic N) is 3. The molecule has 0 amide bonds. The number of benzene rings is 2. The lowest BCUT2D eigenvalue weighted by Crippen LogP contribution is -1.97. The van der Waals surface area contributed by atoms with E-state index in [4.69, 9.17) is 17.0 Å². The summed E-state index contributed by atoms with van der Waals surface area (Å²) in [7, 11) is 1.58. The van der Waals surface area contributed by atoms with Gasteiger partial charge in [-0.25, -0.2) is 5.10 Å². The second-order valence-corrected chi connectivity index (χ2v) is 5.24. The molecule has 3 aromatic rings. The van der Waals surface area contributed by atoms with Gasteiger partial charge in [0.1, 0.15) is 5.75 Å². The minimum atomic E-state index is -0.223. The van der Waals surface area contributed by atoms with Crippen molar-refractivity contribution in [2.75, 3.05) is 7.11 Å². The summed E-state index contributed by atoms with van der Waals surface area (Å²) in [6, 6.07) is 11.8. The van der Waals surface area contributed by atoms with Crippen LogP contribution in [0.25, 0.3) is 11.4 Å². The number of methoxy groups -OCH3 is 1. The van der Waals surface area contributed by atoms with E-state index in [1.807, 2.05) is 24.3 Å². The van der Waals surface area contributed by atoms with Crippen molar-refractivity contribution in [2.24, 2.45) is 5.10 Å². The Balaban J connectivity index is 2.03. The number of nitrogens with one attached hydrogen (secondary N) is 1. The van der Waals surface area contributed by atoms with Crippen molar-refractivity contribution >= 4 is 18.4 Å². The van der Waals surface area contributed by atoms with E-state index in [0.717, 1.165) is 5.56 Å². The molecule has 0 bridgehead atoms. The van der Waals surface area contributed by atoms with Gasteiger partial charge in [-0.05, 0) is 48.1 Å². The fraction of sp³-hybridized carbons (Fsp3) is 0.0625. The molecule has 1 aromatic heterocycles. The maximum absolute atomic E-state index is 9.54. The first-order chi connectivity index (χ1) is 11.6. The topological polar surface area (TPSA) is 95.7 Å². The highest BCUT2D eigenvalue weighted by Crippen LogP contribution is 2.28. The van der Waals surface area contributed by atoms with Crippen LogP contribution in [0.1, 0.15) is 5.56 Å². The molecule has 8 heteroatoms. The number of para-hydroxylation sites is 1. The van der Waals surface area contributed by atoms with Crippen LogP contribution in [0.2, 0.25) is 0 Å². The second-order valence-electron chi connectivity index (χ2n) is 4.86. The van der Waals surface area contributed by atoms with Crippen LogP contribution >= 0.6 is 12.2 Å². The van der Waals surface area contributed by atoms with Crippen LogP contribution in [0.15, 0.2) is 47.6 Å². The molecule has 1 heterocycles. The van der Waals surface area contributed by atoms with Gasteiger partial charge in [0.2, 0.25) is 4.77 Å². The number of aromatic hydroxyl groups is 2. The van der Waals surface area contributed by atoms with Gasteiger partial charge in [0, 0.05) is 0 Å². The van der Waals surface area contributed by atoms with E-state index < -0.39 is 0 Å². The maximum atomic E-state index is 9.54. The number of hydrogen-bond donors (Lipinski definition) is 3. The molecule has 7 nitrogen and oxygen atoms in total. The Kier molecular flexibility index (Phi) is 4.30. The first-order valence-corrected chi connectivity index (χ1v) is 7.38. The summed E-state index contributed by atoms with van der Waals surface area (Å²) >= 11 is 5.22. The monoisotopic (exact) mass is 342 g/mol. The van der Waals surface area contributed by atoms with Gasteiger partial charge < -0.3 is 14.9 Å². The molecular weight excluding hydrogens is 328 g/mol. The fourth-order valence-corrected chi connectivity index (χ4v) is 2.33. The fourth-order valence-electron chi connectivity index (χ4n) is 2.15. The van der Waals surface area contributed by atoms with Crippen molar-refractivity contribution in [3.63, 3.8) is 0 Å². The molecule has 0 fully saturated rings. The summed E-state index contributed by atoms with van der Waals surface area (Å²) in [6.45, 7) is 0. The molecular formula is C16H14N4O3S. The van der Waals surface area contributed by atoms with Crippen molar-refractivity contribution in [1.82, 2.24) is 14.9 Å². The molecule has 3 rings (SSSR count). The highest BCUT2D eigenvalue weighted by molar-refractivity contribution is 7.71. The second kappa shape index (κ2) is 6.55. The van der Waals surface area contributed by atoms with Crippen LogP contribution in [0.4, 0.5) is 0 Å². The maximum Gasteiger partial charge on any atom is 0.216 e. The van der Waals surface area contributed by atoms with Gasteiger partial charge in [0.15, 0.2) is 17.3 Å². The zero-order valence-corrected chi connectivity index (χ0v) is 13.5. The number of rotatable bonds is 4. The number of aromatic nitrogens is 3. The van der Waals surface area contributed by atoms with Gasteiger partial charge in [-0.2, -0.15) is 14.9 Å². The summed E-state index contributed by atoms with van der Waals surface area (Å²) < 4.78 is 7.11. The Bertz CT molecular complexity index is 962. The van der Waals surface area contributed by atoms with Gasteiger partial charge in [0.05, 0.1) is 18.9 Å². The standard InChI is InChI=1S/C16H14N4O3S/c1-23-14-5-3-2-4-11(14)15-18-19-16(24)20(15)17-9-10-6-7-12(21)13(22)8-10/h2-9,21-22H,1H3,(H,19,24)/b17-9+. The lowest BCUT2D eigenvalue weighted by atomic mass is 10.2. The molecule has 0 radical (unpaired) electrons. The molecule has 2 aromatic carbocycles. The predicted octanol–water partition coefficient (Wildman–Crippen LogP) is 2.91. The van der Waals surface area contributed by atoms with E-state index in [-0.39, 0.29) is 11.5 Å². The summed E-state index contributed by atoms with van der Waals surface area (Å²) in [5, 5.41) is 30.1. The van der Waals surface area contributed by atoms with Crippen LogP contribution < -0.4 is 4.74 Å². The summed E-state index contributed by atoms with van der Waals surface area (Å²) in [6.07, 6.45) is 1.50.